The van der Waals surface area contributed by atoms with Crippen LogP contribution in [0, 0.1) is 19.8 Å². The topological polar surface area (TPSA) is 12.0 Å². The molecule has 2 aromatic carbocycles. The lowest BCUT2D eigenvalue weighted by Crippen LogP contribution is -2.21. The zero-order chi connectivity index (χ0) is 16.2. The molecule has 0 aromatic heterocycles. The van der Waals surface area contributed by atoms with Crippen LogP contribution < -0.4 is 5.32 Å². The maximum atomic E-state index is 6.07. The quantitative estimate of drug-likeness (QED) is 0.635. The molecule has 0 amide bonds. The van der Waals surface area contributed by atoms with E-state index >= 15 is 0 Å². The monoisotopic (exact) mass is 325 g/mol. The van der Waals surface area contributed by atoms with E-state index in [-0.39, 0.29) is 6.04 Å². The average molecular weight is 326 g/mol. The smallest absolute Gasteiger partial charge is 0.0576 e. The van der Waals surface area contributed by atoms with Crippen LogP contribution in [-0.4, -0.2) is 0 Å². The molecular weight excluding hydrogens is 302 g/mol. The number of halogens is 1. The van der Waals surface area contributed by atoms with Gasteiger partial charge in [0.05, 0.1) is 6.04 Å². The molecule has 2 aromatic rings. The number of anilines is 1. The van der Waals surface area contributed by atoms with E-state index < -0.39 is 0 Å². The molecule has 0 fully saturated rings. The zero-order valence-electron chi connectivity index (χ0n) is 13.9. The summed E-state index contributed by atoms with van der Waals surface area (Å²) in [7, 11) is 0. The van der Waals surface area contributed by atoms with Crippen molar-refractivity contribution in [3.05, 3.63) is 76.3 Å². The van der Waals surface area contributed by atoms with E-state index in [4.69, 9.17) is 11.6 Å². The molecule has 0 aliphatic heterocycles. The highest BCUT2D eigenvalue weighted by molar-refractivity contribution is 6.30. The minimum absolute atomic E-state index is 0.282. The molecule has 0 saturated heterocycles. The van der Waals surface area contributed by atoms with Gasteiger partial charge < -0.3 is 5.32 Å². The first kappa shape index (κ1) is 16.1. The highest BCUT2D eigenvalue weighted by Crippen LogP contribution is 2.34. The second-order valence-corrected chi connectivity index (χ2v) is 7.01. The van der Waals surface area contributed by atoms with Gasteiger partial charge >= 0.3 is 0 Å². The summed E-state index contributed by atoms with van der Waals surface area (Å²) >= 11 is 6.07. The molecule has 1 aliphatic carbocycles. The van der Waals surface area contributed by atoms with Crippen LogP contribution in [0.5, 0.6) is 0 Å². The molecule has 23 heavy (non-hydrogen) atoms. The van der Waals surface area contributed by atoms with E-state index in [2.05, 4.69) is 61.6 Å². The van der Waals surface area contributed by atoms with Crippen LogP contribution in [-0.2, 0) is 0 Å². The summed E-state index contributed by atoms with van der Waals surface area (Å²) in [6, 6.07) is 15.2. The standard InChI is InChI=1S/C21H24ClN/c1-15-12-16(2)14-20(13-15)23-21(17-6-4-3-5-7-17)18-8-10-19(22)11-9-18/h4,6,8-14,17,21,23H,3,5,7H2,1-2H3. The molecule has 2 heteroatoms. The SMILES string of the molecule is Cc1cc(C)cc(NC(c2ccc(Cl)cc2)C2C=CCCC2)c1. The van der Waals surface area contributed by atoms with Crippen molar-refractivity contribution in [1.82, 2.24) is 0 Å². The van der Waals surface area contributed by atoms with Crippen molar-refractivity contribution in [2.75, 3.05) is 5.32 Å². The number of nitrogens with one attached hydrogen (secondary N) is 1. The lowest BCUT2D eigenvalue weighted by molar-refractivity contribution is 0.478. The van der Waals surface area contributed by atoms with Crippen molar-refractivity contribution in [2.24, 2.45) is 5.92 Å². The maximum Gasteiger partial charge on any atom is 0.0576 e. The molecule has 2 unspecified atom stereocenters. The largest absolute Gasteiger partial charge is 0.378 e. The normalized spacial score (nSPS) is 18.7. The summed E-state index contributed by atoms with van der Waals surface area (Å²) in [5.41, 5.74) is 5.08. The summed E-state index contributed by atoms with van der Waals surface area (Å²) in [6.07, 6.45) is 8.38. The Balaban J connectivity index is 1.92. The van der Waals surface area contributed by atoms with Crippen molar-refractivity contribution < 1.29 is 0 Å². The molecule has 120 valence electrons. The number of aryl methyl sites for hydroxylation is 2. The van der Waals surface area contributed by atoms with E-state index in [9.17, 15) is 0 Å². The van der Waals surface area contributed by atoms with Crippen LogP contribution in [0.15, 0.2) is 54.6 Å². The van der Waals surface area contributed by atoms with E-state index in [1.54, 1.807) is 0 Å². The van der Waals surface area contributed by atoms with Gasteiger partial charge in [-0.2, -0.15) is 0 Å². The van der Waals surface area contributed by atoms with Crippen LogP contribution in [0.4, 0.5) is 5.69 Å². The Labute approximate surface area is 144 Å². The van der Waals surface area contributed by atoms with E-state index in [0.29, 0.717) is 5.92 Å². The molecule has 0 saturated carbocycles. The van der Waals surface area contributed by atoms with Crippen LogP contribution in [0.2, 0.25) is 5.02 Å². The van der Waals surface area contributed by atoms with Crippen molar-refractivity contribution in [3.63, 3.8) is 0 Å². The Bertz CT molecular complexity index is 667. The fraction of sp³-hybridized carbons (Fsp3) is 0.333. The molecule has 1 aliphatic rings. The number of rotatable bonds is 4. The third kappa shape index (κ3) is 4.17. The average Bonchev–Trinajstić information content (AvgIpc) is 2.53. The van der Waals surface area contributed by atoms with E-state index in [0.717, 1.165) is 5.02 Å². The Hall–Kier alpha value is -1.73. The Morgan fingerprint density at radius 1 is 1.04 bits per heavy atom. The molecule has 0 spiro atoms. The van der Waals surface area contributed by atoms with Crippen LogP contribution in [0.25, 0.3) is 0 Å². The van der Waals surface area contributed by atoms with Crippen molar-refractivity contribution in [1.29, 1.82) is 0 Å². The highest BCUT2D eigenvalue weighted by atomic mass is 35.5. The minimum atomic E-state index is 0.282. The lowest BCUT2D eigenvalue weighted by atomic mass is 9.85. The Morgan fingerprint density at radius 2 is 1.74 bits per heavy atom. The maximum absolute atomic E-state index is 6.07. The summed E-state index contributed by atoms with van der Waals surface area (Å²) in [6.45, 7) is 4.30. The van der Waals surface area contributed by atoms with Crippen LogP contribution >= 0.6 is 11.6 Å². The highest BCUT2D eigenvalue weighted by Gasteiger charge is 2.22. The van der Waals surface area contributed by atoms with Gasteiger partial charge in [0.15, 0.2) is 0 Å². The molecule has 0 radical (unpaired) electrons. The van der Waals surface area contributed by atoms with Gasteiger partial charge in [-0.1, -0.05) is 42.0 Å². The van der Waals surface area contributed by atoms with Crippen LogP contribution in [0.1, 0.15) is 42.0 Å². The molecule has 0 bridgehead atoms. The molecule has 1 nitrogen and oxygen atoms in total. The van der Waals surface area contributed by atoms with Crippen molar-refractivity contribution >= 4 is 17.3 Å². The Morgan fingerprint density at radius 3 is 2.35 bits per heavy atom. The third-order valence-corrected chi connectivity index (χ3v) is 4.74. The number of hydrogen-bond acceptors (Lipinski definition) is 1. The Kier molecular flexibility index (Phi) is 5.07. The second kappa shape index (κ2) is 7.23. The van der Waals surface area contributed by atoms with Crippen molar-refractivity contribution in [3.8, 4) is 0 Å². The van der Waals surface area contributed by atoms with Crippen molar-refractivity contribution in [2.45, 2.75) is 39.2 Å². The van der Waals surface area contributed by atoms with Gasteiger partial charge in [-0.05, 0) is 74.1 Å². The first-order valence-corrected chi connectivity index (χ1v) is 8.76. The fourth-order valence-electron chi connectivity index (χ4n) is 3.46. The summed E-state index contributed by atoms with van der Waals surface area (Å²) in [5.74, 6) is 0.519. The lowest BCUT2D eigenvalue weighted by Gasteiger charge is -2.29. The minimum Gasteiger partial charge on any atom is -0.378 e. The summed E-state index contributed by atoms with van der Waals surface area (Å²) in [4.78, 5) is 0. The third-order valence-electron chi connectivity index (χ3n) is 4.49. The van der Waals surface area contributed by atoms with Crippen LogP contribution in [0.3, 0.4) is 0 Å². The summed E-state index contributed by atoms with van der Waals surface area (Å²) < 4.78 is 0. The first-order valence-electron chi connectivity index (χ1n) is 8.39. The predicted molar refractivity (Wildman–Crippen MR) is 100 cm³/mol. The fourth-order valence-corrected chi connectivity index (χ4v) is 3.59. The molecule has 1 N–H and O–H groups in total. The van der Waals surface area contributed by atoms with Gasteiger partial charge in [-0.3, -0.25) is 0 Å². The second-order valence-electron chi connectivity index (χ2n) is 6.57. The number of allylic oxidation sites excluding steroid dienone is 1. The van der Waals surface area contributed by atoms with Gasteiger partial charge in [-0.15, -0.1) is 0 Å². The molecule has 2 atom stereocenters. The molecule has 0 heterocycles. The molecular formula is C21H24ClN. The first-order chi connectivity index (χ1) is 11.1. The molecule has 3 rings (SSSR count). The van der Waals surface area contributed by atoms with Gasteiger partial charge in [0.2, 0.25) is 0 Å². The van der Waals surface area contributed by atoms with E-state index in [1.807, 2.05) is 12.1 Å². The summed E-state index contributed by atoms with van der Waals surface area (Å²) in [5, 5.41) is 4.56. The van der Waals surface area contributed by atoms with Gasteiger partial charge in [0.25, 0.3) is 0 Å². The van der Waals surface area contributed by atoms with Gasteiger partial charge in [0.1, 0.15) is 0 Å². The number of benzene rings is 2. The zero-order valence-corrected chi connectivity index (χ0v) is 14.6. The van der Waals surface area contributed by atoms with Gasteiger partial charge in [0, 0.05) is 16.6 Å². The number of hydrogen-bond donors (Lipinski definition) is 1. The predicted octanol–water partition coefficient (Wildman–Crippen LogP) is 6.47. The van der Waals surface area contributed by atoms with Gasteiger partial charge in [-0.25, -0.2) is 0 Å². The van der Waals surface area contributed by atoms with E-state index in [1.165, 1.54) is 41.6 Å².